The van der Waals surface area contributed by atoms with Crippen molar-refractivity contribution < 1.29 is 19.4 Å². The molecule has 1 amide bonds. The molecule has 1 aromatic carbocycles. The van der Waals surface area contributed by atoms with Crippen LogP contribution in [0.25, 0.3) is 10.1 Å². The van der Waals surface area contributed by atoms with Crippen molar-refractivity contribution in [3.63, 3.8) is 0 Å². The minimum absolute atomic E-state index is 0.121. The Labute approximate surface area is 125 Å². The van der Waals surface area contributed by atoms with E-state index in [1.165, 1.54) is 11.3 Å². The zero-order valence-corrected chi connectivity index (χ0v) is 12.1. The molecule has 1 aromatic heterocycles. The number of fused-ring (bicyclic) bond motifs is 1. The van der Waals surface area contributed by atoms with Crippen LogP contribution in [0.5, 0.6) is 0 Å². The number of hydrogen-bond acceptors (Lipinski definition) is 4. The molecule has 1 aliphatic heterocycles. The van der Waals surface area contributed by atoms with Gasteiger partial charge in [-0.2, -0.15) is 0 Å². The maximum Gasteiger partial charge on any atom is 0.305 e. The minimum atomic E-state index is -0.933. The Kier molecular flexibility index (Phi) is 3.65. The standard InChI is InChI=1S/C15H15NO4S/c17-13(18)8-15(5-6-20-9-15)16-14(19)12-7-10-3-1-2-4-11(10)21-12/h1-4,7H,5-6,8-9H2,(H,16,19)(H,17,18). The van der Waals surface area contributed by atoms with Crippen LogP contribution in [0.4, 0.5) is 0 Å². The van der Waals surface area contributed by atoms with Crippen molar-refractivity contribution in [2.45, 2.75) is 18.4 Å². The van der Waals surface area contributed by atoms with Crippen LogP contribution in [0.1, 0.15) is 22.5 Å². The highest BCUT2D eigenvalue weighted by Crippen LogP contribution is 2.28. The number of aliphatic carboxylic acids is 1. The second-order valence-electron chi connectivity index (χ2n) is 5.26. The van der Waals surface area contributed by atoms with Crippen molar-refractivity contribution >= 4 is 33.3 Å². The van der Waals surface area contributed by atoms with Crippen LogP contribution in [0, 0.1) is 0 Å². The summed E-state index contributed by atoms with van der Waals surface area (Å²) < 4.78 is 6.32. The average molecular weight is 305 g/mol. The summed E-state index contributed by atoms with van der Waals surface area (Å²) in [6.45, 7) is 0.718. The van der Waals surface area contributed by atoms with Gasteiger partial charge in [-0.25, -0.2) is 0 Å². The van der Waals surface area contributed by atoms with E-state index in [9.17, 15) is 9.59 Å². The molecule has 2 N–H and O–H groups in total. The first-order valence-corrected chi connectivity index (χ1v) is 7.50. The predicted octanol–water partition coefficient (Wildman–Crippen LogP) is 2.26. The Morgan fingerprint density at radius 1 is 1.38 bits per heavy atom. The minimum Gasteiger partial charge on any atom is -0.481 e. The van der Waals surface area contributed by atoms with Crippen LogP contribution in [-0.4, -0.2) is 35.7 Å². The average Bonchev–Trinajstić information content (AvgIpc) is 3.04. The lowest BCUT2D eigenvalue weighted by Gasteiger charge is -2.26. The summed E-state index contributed by atoms with van der Waals surface area (Å²) in [5.74, 6) is -1.17. The maximum atomic E-state index is 12.4. The van der Waals surface area contributed by atoms with Gasteiger partial charge >= 0.3 is 5.97 Å². The van der Waals surface area contributed by atoms with Gasteiger partial charge in [0.25, 0.3) is 5.91 Å². The van der Waals surface area contributed by atoms with Crippen LogP contribution < -0.4 is 5.32 Å². The number of amides is 1. The summed E-state index contributed by atoms with van der Waals surface area (Å²) in [5.41, 5.74) is -0.793. The largest absolute Gasteiger partial charge is 0.481 e. The van der Waals surface area contributed by atoms with Gasteiger partial charge in [-0.15, -0.1) is 11.3 Å². The van der Waals surface area contributed by atoms with E-state index in [1.54, 1.807) is 0 Å². The molecule has 1 fully saturated rings. The van der Waals surface area contributed by atoms with Gasteiger partial charge < -0.3 is 15.2 Å². The van der Waals surface area contributed by atoms with Crippen molar-refractivity contribution in [3.8, 4) is 0 Å². The number of carbonyl (C=O) groups excluding carboxylic acids is 1. The fraction of sp³-hybridized carbons (Fsp3) is 0.333. The van der Waals surface area contributed by atoms with E-state index in [0.717, 1.165) is 10.1 Å². The molecule has 21 heavy (non-hydrogen) atoms. The number of thiophene rings is 1. The molecule has 1 atom stereocenters. The van der Waals surface area contributed by atoms with Gasteiger partial charge in [-0.05, 0) is 23.9 Å². The Hall–Kier alpha value is -1.92. The van der Waals surface area contributed by atoms with Gasteiger partial charge in [0.15, 0.2) is 0 Å². The molecule has 6 heteroatoms. The first-order chi connectivity index (χ1) is 10.1. The second-order valence-corrected chi connectivity index (χ2v) is 6.34. The van der Waals surface area contributed by atoms with Crippen molar-refractivity contribution in [1.29, 1.82) is 0 Å². The van der Waals surface area contributed by atoms with Gasteiger partial charge in [0.05, 0.1) is 23.4 Å². The number of ether oxygens (including phenoxy) is 1. The third-order valence-electron chi connectivity index (χ3n) is 3.62. The third-order valence-corrected chi connectivity index (χ3v) is 4.74. The molecule has 2 aromatic rings. The van der Waals surface area contributed by atoms with Crippen molar-refractivity contribution in [1.82, 2.24) is 5.32 Å². The Bertz CT molecular complexity index is 655. The van der Waals surface area contributed by atoms with E-state index in [-0.39, 0.29) is 18.9 Å². The summed E-state index contributed by atoms with van der Waals surface area (Å²) >= 11 is 1.41. The van der Waals surface area contributed by atoms with Crippen molar-refractivity contribution in [3.05, 3.63) is 35.2 Å². The molecular formula is C15H15NO4S. The van der Waals surface area contributed by atoms with Crippen molar-refractivity contribution in [2.24, 2.45) is 0 Å². The molecule has 0 aliphatic carbocycles. The molecule has 3 rings (SSSR count). The lowest BCUT2D eigenvalue weighted by atomic mass is 9.94. The molecular weight excluding hydrogens is 290 g/mol. The van der Waals surface area contributed by atoms with E-state index in [0.29, 0.717) is 17.9 Å². The topological polar surface area (TPSA) is 75.6 Å². The normalized spacial score (nSPS) is 21.5. The van der Waals surface area contributed by atoms with Gasteiger partial charge in [0.2, 0.25) is 0 Å². The Morgan fingerprint density at radius 3 is 2.86 bits per heavy atom. The van der Waals surface area contributed by atoms with Crippen LogP contribution in [0.2, 0.25) is 0 Å². The van der Waals surface area contributed by atoms with Crippen LogP contribution in [0.15, 0.2) is 30.3 Å². The quantitative estimate of drug-likeness (QED) is 0.908. The smallest absolute Gasteiger partial charge is 0.305 e. The highest BCUT2D eigenvalue weighted by molar-refractivity contribution is 7.20. The second kappa shape index (κ2) is 5.46. The molecule has 5 nitrogen and oxygen atoms in total. The van der Waals surface area contributed by atoms with Gasteiger partial charge in [0, 0.05) is 11.3 Å². The molecule has 0 spiro atoms. The summed E-state index contributed by atoms with van der Waals surface area (Å²) in [6, 6.07) is 9.60. The molecule has 1 saturated heterocycles. The van der Waals surface area contributed by atoms with Crippen LogP contribution in [-0.2, 0) is 9.53 Å². The molecule has 0 saturated carbocycles. The number of hydrogen-bond donors (Lipinski definition) is 2. The highest BCUT2D eigenvalue weighted by Gasteiger charge is 2.39. The number of carbonyl (C=O) groups is 2. The molecule has 110 valence electrons. The highest BCUT2D eigenvalue weighted by atomic mass is 32.1. The molecule has 0 bridgehead atoms. The molecule has 0 radical (unpaired) electrons. The summed E-state index contributed by atoms with van der Waals surface area (Å²) in [7, 11) is 0. The zero-order chi connectivity index (χ0) is 14.9. The van der Waals surface area contributed by atoms with Crippen molar-refractivity contribution in [2.75, 3.05) is 13.2 Å². The van der Waals surface area contributed by atoms with E-state index in [4.69, 9.17) is 9.84 Å². The van der Waals surface area contributed by atoms with Gasteiger partial charge in [-0.1, -0.05) is 18.2 Å². The molecule has 2 heterocycles. The van der Waals surface area contributed by atoms with Crippen LogP contribution in [0.3, 0.4) is 0 Å². The van der Waals surface area contributed by atoms with E-state index < -0.39 is 11.5 Å². The van der Waals surface area contributed by atoms with E-state index >= 15 is 0 Å². The number of benzene rings is 1. The summed E-state index contributed by atoms with van der Waals surface area (Å²) in [6.07, 6.45) is 0.402. The molecule has 1 aliphatic rings. The Balaban J connectivity index is 1.82. The number of carboxylic acids is 1. The lowest BCUT2D eigenvalue weighted by Crippen LogP contribution is -2.50. The first kappa shape index (κ1) is 14.0. The SMILES string of the molecule is O=C(O)CC1(NC(=O)c2cc3ccccc3s2)CCOC1. The molecule has 1 unspecified atom stereocenters. The summed E-state index contributed by atoms with van der Waals surface area (Å²) in [4.78, 5) is 24.0. The fourth-order valence-electron chi connectivity index (χ4n) is 2.58. The van der Waals surface area contributed by atoms with Gasteiger partial charge in [-0.3, -0.25) is 9.59 Å². The Morgan fingerprint density at radius 2 is 2.19 bits per heavy atom. The zero-order valence-electron chi connectivity index (χ0n) is 11.3. The monoisotopic (exact) mass is 305 g/mol. The number of rotatable bonds is 4. The number of nitrogens with one attached hydrogen (secondary N) is 1. The fourth-order valence-corrected chi connectivity index (χ4v) is 3.53. The van der Waals surface area contributed by atoms with Gasteiger partial charge in [0.1, 0.15) is 0 Å². The number of carboxylic acid groups (broad SMARTS) is 1. The lowest BCUT2D eigenvalue weighted by molar-refractivity contribution is -0.138. The van der Waals surface area contributed by atoms with E-state index in [1.807, 2.05) is 30.3 Å². The maximum absolute atomic E-state index is 12.4. The summed E-state index contributed by atoms with van der Waals surface area (Å²) in [5, 5.41) is 12.9. The van der Waals surface area contributed by atoms with Crippen LogP contribution >= 0.6 is 11.3 Å². The predicted molar refractivity (Wildman–Crippen MR) is 79.7 cm³/mol. The first-order valence-electron chi connectivity index (χ1n) is 6.69. The van der Waals surface area contributed by atoms with E-state index in [2.05, 4.69) is 5.32 Å². The third kappa shape index (κ3) is 2.91.